The number of hydrogen-bond donors (Lipinski definition) is 0. The summed E-state index contributed by atoms with van der Waals surface area (Å²) in [4.78, 5) is 6.65. The van der Waals surface area contributed by atoms with E-state index in [-0.39, 0.29) is 5.82 Å². The van der Waals surface area contributed by atoms with E-state index >= 15 is 0 Å². The van der Waals surface area contributed by atoms with Gasteiger partial charge in [-0.15, -0.1) is 11.3 Å². The topological polar surface area (TPSA) is 16.1 Å². The van der Waals surface area contributed by atoms with E-state index in [0.29, 0.717) is 23.2 Å². The monoisotopic (exact) mass is 296 g/mol. The van der Waals surface area contributed by atoms with Crippen molar-refractivity contribution in [3.05, 3.63) is 51.2 Å². The van der Waals surface area contributed by atoms with Crippen LogP contribution in [0.15, 0.2) is 29.8 Å². The minimum absolute atomic E-state index is 0.225. The molecule has 1 unspecified atom stereocenters. The van der Waals surface area contributed by atoms with Crippen molar-refractivity contribution >= 4 is 22.9 Å². The first-order valence-electron chi connectivity index (χ1n) is 6.32. The highest BCUT2D eigenvalue weighted by atomic mass is 35.5. The van der Waals surface area contributed by atoms with Crippen molar-refractivity contribution in [1.82, 2.24) is 9.88 Å². The Hall–Kier alpha value is -0.970. The maximum Gasteiger partial charge on any atom is 0.129 e. The number of benzene rings is 1. The van der Waals surface area contributed by atoms with Gasteiger partial charge in [0.05, 0.1) is 6.04 Å². The molecule has 0 spiro atoms. The molecule has 0 aliphatic carbocycles. The Balaban J connectivity index is 1.83. The summed E-state index contributed by atoms with van der Waals surface area (Å²) in [5.41, 5.74) is 0.590. The van der Waals surface area contributed by atoms with Gasteiger partial charge in [0.25, 0.3) is 0 Å². The predicted molar refractivity (Wildman–Crippen MR) is 75.9 cm³/mol. The van der Waals surface area contributed by atoms with Crippen molar-refractivity contribution in [3.8, 4) is 0 Å². The van der Waals surface area contributed by atoms with Crippen LogP contribution in [0.3, 0.4) is 0 Å². The molecule has 0 saturated carbocycles. The van der Waals surface area contributed by atoms with Gasteiger partial charge in [-0.05, 0) is 31.5 Å². The molecule has 1 fully saturated rings. The van der Waals surface area contributed by atoms with Crippen molar-refractivity contribution in [2.45, 2.75) is 25.4 Å². The average molecular weight is 297 g/mol. The lowest BCUT2D eigenvalue weighted by atomic mass is 10.1. The SMILES string of the molecule is Fc1cccc(Cl)c1CN1CCCC1c1nccs1. The van der Waals surface area contributed by atoms with E-state index in [9.17, 15) is 4.39 Å². The van der Waals surface area contributed by atoms with E-state index < -0.39 is 0 Å². The highest BCUT2D eigenvalue weighted by molar-refractivity contribution is 7.09. The number of thiazole rings is 1. The first-order valence-corrected chi connectivity index (χ1v) is 7.58. The van der Waals surface area contributed by atoms with Crippen molar-refractivity contribution in [2.75, 3.05) is 6.54 Å². The standard InChI is InChI=1S/C14H14ClFN2S/c15-11-3-1-4-12(16)10(11)9-18-7-2-5-13(18)14-17-6-8-19-14/h1,3-4,6,8,13H,2,5,7,9H2. The molecule has 1 aliphatic rings. The predicted octanol–water partition coefficient (Wildman–Crippen LogP) is 4.27. The van der Waals surface area contributed by atoms with Crippen LogP contribution < -0.4 is 0 Å². The summed E-state index contributed by atoms with van der Waals surface area (Å²) in [7, 11) is 0. The highest BCUT2D eigenvalue weighted by Crippen LogP contribution is 2.35. The average Bonchev–Trinajstić information content (AvgIpc) is 3.04. The van der Waals surface area contributed by atoms with Gasteiger partial charge < -0.3 is 0 Å². The first kappa shape index (κ1) is 13.0. The molecule has 2 aromatic rings. The smallest absolute Gasteiger partial charge is 0.129 e. The summed E-state index contributed by atoms with van der Waals surface area (Å²) >= 11 is 7.76. The summed E-state index contributed by atoms with van der Waals surface area (Å²) in [6, 6.07) is 5.16. The Kier molecular flexibility index (Phi) is 3.82. The number of aromatic nitrogens is 1. The summed E-state index contributed by atoms with van der Waals surface area (Å²) in [5, 5.41) is 3.61. The minimum Gasteiger partial charge on any atom is -0.290 e. The van der Waals surface area contributed by atoms with Crippen molar-refractivity contribution in [1.29, 1.82) is 0 Å². The molecule has 3 rings (SSSR count). The van der Waals surface area contributed by atoms with Crippen LogP contribution in [0.4, 0.5) is 4.39 Å². The number of hydrogen-bond acceptors (Lipinski definition) is 3. The maximum absolute atomic E-state index is 13.8. The van der Waals surface area contributed by atoms with Crippen LogP contribution in [0, 0.1) is 5.82 Å². The second-order valence-corrected chi connectivity index (χ2v) is 6.03. The van der Waals surface area contributed by atoms with E-state index in [0.717, 1.165) is 24.4 Å². The third kappa shape index (κ3) is 2.66. The lowest BCUT2D eigenvalue weighted by Gasteiger charge is -2.23. The number of rotatable bonds is 3. The zero-order valence-electron chi connectivity index (χ0n) is 10.4. The van der Waals surface area contributed by atoms with Crippen LogP contribution in [-0.4, -0.2) is 16.4 Å². The molecule has 0 amide bonds. The highest BCUT2D eigenvalue weighted by Gasteiger charge is 2.28. The van der Waals surface area contributed by atoms with Gasteiger partial charge in [-0.25, -0.2) is 9.37 Å². The van der Waals surface area contributed by atoms with Crippen molar-refractivity contribution in [3.63, 3.8) is 0 Å². The number of likely N-dealkylation sites (tertiary alicyclic amines) is 1. The molecule has 5 heteroatoms. The Labute approximate surface area is 120 Å². The number of halogens is 2. The largest absolute Gasteiger partial charge is 0.290 e. The minimum atomic E-state index is -0.225. The second kappa shape index (κ2) is 5.57. The third-order valence-corrected chi connectivity index (χ3v) is 4.75. The normalized spacial score (nSPS) is 20.0. The molecule has 2 heterocycles. The zero-order chi connectivity index (χ0) is 13.2. The van der Waals surface area contributed by atoms with Crippen molar-refractivity contribution in [2.24, 2.45) is 0 Å². The van der Waals surface area contributed by atoms with Gasteiger partial charge in [0, 0.05) is 28.7 Å². The Morgan fingerprint density at radius 3 is 3.11 bits per heavy atom. The Bertz CT molecular complexity index is 538. The van der Waals surface area contributed by atoms with E-state index in [1.807, 2.05) is 11.6 Å². The molecule has 1 atom stereocenters. The fourth-order valence-electron chi connectivity index (χ4n) is 2.58. The molecule has 0 bridgehead atoms. The fraction of sp³-hybridized carbons (Fsp3) is 0.357. The number of nitrogens with zero attached hydrogens (tertiary/aromatic N) is 2. The van der Waals surface area contributed by atoms with Crippen LogP contribution >= 0.6 is 22.9 Å². The van der Waals surface area contributed by atoms with Crippen molar-refractivity contribution < 1.29 is 4.39 Å². The molecule has 1 saturated heterocycles. The van der Waals surface area contributed by atoms with Crippen LogP contribution in [0.25, 0.3) is 0 Å². The second-order valence-electron chi connectivity index (χ2n) is 4.70. The van der Waals surface area contributed by atoms with Gasteiger partial charge in [0.15, 0.2) is 0 Å². The first-order chi connectivity index (χ1) is 9.25. The molecule has 1 aliphatic heterocycles. The molecule has 100 valence electrons. The van der Waals surface area contributed by atoms with E-state index in [1.54, 1.807) is 23.5 Å². The molecule has 1 aromatic heterocycles. The Morgan fingerprint density at radius 1 is 1.47 bits per heavy atom. The van der Waals surface area contributed by atoms with Gasteiger partial charge in [0.1, 0.15) is 10.8 Å². The molecule has 0 N–H and O–H groups in total. The molecule has 2 nitrogen and oxygen atoms in total. The molecule has 0 radical (unpaired) electrons. The molecule has 19 heavy (non-hydrogen) atoms. The summed E-state index contributed by atoms with van der Waals surface area (Å²) in [5.74, 6) is -0.225. The van der Waals surface area contributed by atoms with E-state index in [2.05, 4.69) is 9.88 Å². The molecular formula is C14H14ClFN2S. The lowest BCUT2D eigenvalue weighted by molar-refractivity contribution is 0.244. The lowest BCUT2D eigenvalue weighted by Crippen LogP contribution is -2.23. The van der Waals surface area contributed by atoms with Gasteiger partial charge in [0.2, 0.25) is 0 Å². The van der Waals surface area contributed by atoms with Crippen LogP contribution in [-0.2, 0) is 6.54 Å². The summed E-state index contributed by atoms with van der Waals surface area (Å²) in [6.45, 7) is 1.52. The van der Waals surface area contributed by atoms with Gasteiger partial charge in [-0.1, -0.05) is 17.7 Å². The fourth-order valence-corrected chi connectivity index (χ4v) is 3.61. The summed E-state index contributed by atoms with van der Waals surface area (Å²) in [6.07, 6.45) is 4.03. The van der Waals surface area contributed by atoms with Gasteiger partial charge in [-0.2, -0.15) is 0 Å². The molecular weight excluding hydrogens is 283 g/mol. The van der Waals surface area contributed by atoms with Crippen LogP contribution in [0.1, 0.15) is 29.5 Å². The summed E-state index contributed by atoms with van der Waals surface area (Å²) < 4.78 is 13.8. The quantitative estimate of drug-likeness (QED) is 0.841. The third-order valence-electron chi connectivity index (χ3n) is 3.52. The maximum atomic E-state index is 13.8. The van der Waals surface area contributed by atoms with Crippen LogP contribution in [0.2, 0.25) is 5.02 Å². The van der Waals surface area contributed by atoms with Gasteiger partial charge in [-0.3, -0.25) is 4.90 Å². The van der Waals surface area contributed by atoms with E-state index in [4.69, 9.17) is 11.6 Å². The zero-order valence-corrected chi connectivity index (χ0v) is 11.9. The Morgan fingerprint density at radius 2 is 2.37 bits per heavy atom. The van der Waals surface area contributed by atoms with E-state index in [1.165, 1.54) is 6.07 Å². The van der Waals surface area contributed by atoms with Crippen LogP contribution in [0.5, 0.6) is 0 Å². The van der Waals surface area contributed by atoms with Gasteiger partial charge >= 0.3 is 0 Å². The molecule has 1 aromatic carbocycles.